The molecule has 1 aromatic carbocycles. The van der Waals surface area contributed by atoms with Crippen LogP contribution in [-0.4, -0.2) is 11.9 Å². The highest BCUT2D eigenvalue weighted by molar-refractivity contribution is 5.78. The van der Waals surface area contributed by atoms with Crippen LogP contribution in [0, 0.1) is 5.41 Å². The lowest BCUT2D eigenvalue weighted by atomic mass is 9.91. The van der Waals surface area contributed by atoms with E-state index < -0.39 is 5.41 Å². The highest BCUT2D eigenvalue weighted by atomic mass is 16.5. The standard InChI is InChI=1S/C15H18O4/c1-4-15(2,3)14(17)19-12-6-5-10-8-13(16)18-9-11(10)7-12/h5-7H,4,8-9H2,1-3H3. The monoisotopic (exact) mass is 262 g/mol. The molecule has 0 amide bonds. The zero-order valence-corrected chi connectivity index (χ0v) is 11.5. The first-order chi connectivity index (χ1) is 8.92. The molecule has 0 atom stereocenters. The minimum Gasteiger partial charge on any atom is -0.461 e. The number of esters is 2. The van der Waals surface area contributed by atoms with Crippen LogP contribution in [0.15, 0.2) is 18.2 Å². The Hall–Kier alpha value is -1.84. The Morgan fingerprint density at radius 1 is 1.37 bits per heavy atom. The molecule has 0 saturated heterocycles. The van der Waals surface area contributed by atoms with Gasteiger partial charge in [0.15, 0.2) is 0 Å². The number of carbonyl (C=O) groups is 2. The number of hydrogen-bond acceptors (Lipinski definition) is 4. The van der Waals surface area contributed by atoms with Gasteiger partial charge in [0.2, 0.25) is 0 Å². The van der Waals surface area contributed by atoms with Crippen LogP contribution in [0.3, 0.4) is 0 Å². The lowest BCUT2D eigenvalue weighted by molar-refractivity contribution is -0.146. The van der Waals surface area contributed by atoms with Crippen LogP contribution in [0.2, 0.25) is 0 Å². The van der Waals surface area contributed by atoms with Crippen LogP contribution in [-0.2, 0) is 27.4 Å². The van der Waals surface area contributed by atoms with E-state index >= 15 is 0 Å². The highest BCUT2D eigenvalue weighted by Gasteiger charge is 2.28. The molecule has 4 heteroatoms. The maximum absolute atomic E-state index is 12.0. The molecular formula is C15H18O4. The molecule has 0 N–H and O–H groups in total. The Bertz CT molecular complexity index is 517. The molecule has 1 aliphatic heterocycles. The molecule has 1 aromatic rings. The minimum atomic E-state index is -0.498. The van der Waals surface area contributed by atoms with E-state index in [1.807, 2.05) is 26.8 Å². The zero-order chi connectivity index (χ0) is 14.0. The van der Waals surface area contributed by atoms with E-state index in [4.69, 9.17) is 9.47 Å². The Morgan fingerprint density at radius 2 is 2.11 bits per heavy atom. The van der Waals surface area contributed by atoms with Crippen LogP contribution in [0.4, 0.5) is 0 Å². The number of fused-ring (bicyclic) bond motifs is 1. The van der Waals surface area contributed by atoms with Gasteiger partial charge in [-0.05, 0) is 43.5 Å². The number of rotatable bonds is 3. The first kappa shape index (κ1) is 13.6. The number of carbonyl (C=O) groups excluding carboxylic acids is 2. The SMILES string of the molecule is CCC(C)(C)C(=O)Oc1ccc2c(c1)COC(=O)C2. The van der Waals surface area contributed by atoms with E-state index in [0.717, 1.165) is 11.1 Å². The second kappa shape index (κ2) is 5.03. The van der Waals surface area contributed by atoms with Gasteiger partial charge in [-0.15, -0.1) is 0 Å². The van der Waals surface area contributed by atoms with Crippen LogP contribution < -0.4 is 4.74 Å². The van der Waals surface area contributed by atoms with E-state index in [9.17, 15) is 9.59 Å². The molecule has 102 valence electrons. The summed E-state index contributed by atoms with van der Waals surface area (Å²) in [5.74, 6) is 0.0374. The Kier molecular flexibility index (Phi) is 3.60. The van der Waals surface area contributed by atoms with Gasteiger partial charge in [-0.25, -0.2) is 0 Å². The first-order valence-electron chi connectivity index (χ1n) is 6.42. The normalized spacial score (nSPS) is 14.6. The second-order valence-corrected chi connectivity index (χ2v) is 5.39. The molecule has 0 bridgehead atoms. The van der Waals surface area contributed by atoms with Crippen molar-refractivity contribution in [3.8, 4) is 5.75 Å². The summed E-state index contributed by atoms with van der Waals surface area (Å²) in [7, 11) is 0. The number of cyclic esters (lactones) is 1. The van der Waals surface area contributed by atoms with Gasteiger partial charge in [0.25, 0.3) is 0 Å². The van der Waals surface area contributed by atoms with Gasteiger partial charge in [0, 0.05) is 0 Å². The van der Waals surface area contributed by atoms with E-state index in [2.05, 4.69) is 0 Å². The molecule has 4 nitrogen and oxygen atoms in total. The van der Waals surface area contributed by atoms with Gasteiger partial charge in [-0.3, -0.25) is 9.59 Å². The third kappa shape index (κ3) is 2.95. The van der Waals surface area contributed by atoms with Crippen molar-refractivity contribution in [2.75, 3.05) is 0 Å². The fraction of sp³-hybridized carbons (Fsp3) is 0.467. The molecule has 19 heavy (non-hydrogen) atoms. The molecule has 0 spiro atoms. The van der Waals surface area contributed by atoms with Crippen LogP contribution in [0.5, 0.6) is 5.75 Å². The molecule has 0 aliphatic carbocycles. The largest absolute Gasteiger partial charge is 0.461 e. The fourth-order valence-electron chi connectivity index (χ4n) is 1.73. The first-order valence-corrected chi connectivity index (χ1v) is 6.42. The van der Waals surface area contributed by atoms with Crippen molar-refractivity contribution in [2.45, 2.75) is 40.2 Å². The topological polar surface area (TPSA) is 52.6 Å². The number of ether oxygens (including phenoxy) is 2. The van der Waals surface area contributed by atoms with E-state index in [1.165, 1.54) is 0 Å². The van der Waals surface area contributed by atoms with Crippen molar-refractivity contribution < 1.29 is 19.1 Å². The van der Waals surface area contributed by atoms with E-state index in [1.54, 1.807) is 12.1 Å². The second-order valence-electron chi connectivity index (χ2n) is 5.39. The number of benzene rings is 1. The zero-order valence-electron chi connectivity index (χ0n) is 11.5. The summed E-state index contributed by atoms with van der Waals surface area (Å²) in [5.41, 5.74) is 1.34. The van der Waals surface area contributed by atoms with E-state index in [-0.39, 0.29) is 25.0 Å². The molecule has 0 saturated carbocycles. The molecule has 0 radical (unpaired) electrons. The lowest BCUT2D eigenvalue weighted by Gasteiger charge is -2.21. The third-order valence-electron chi connectivity index (χ3n) is 3.55. The molecule has 0 fully saturated rings. The van der Waals surface area contributed by atoms with Crippen LogP contribution in [0.1, 0.15) is 38.3 Å². The lowest BCUT2D eigenvalue weighted by Crippen LogP contribution is -2.28. The summed E-state index contributed by atoms with van der Waals surface area (Å²) >= 11 is 0. The molecular weight excluding hydrogens is 244 g/mol. The predicted octanol–water partition coefficient (Wildman–Crippen LogP) is 2.63. The Balaban J connectivity index is 2.15. The van der Waals surface area contributed by atoms with Crippen molar-refractivity contribution in [1.82, 2.24) is 0 Å². The summed E-state index contributed by atoms with van der Waals surface area (Å²) in [4.78, 5) is 23.1. The molecule has 0 aromatic heterocycles. The van der Waals surface area contributed by atoms with Gasteiger partial charge in [0.05, 0.1) is 11.8 Å². The predicted molar refractivity (Wildman–Crippen MR) is 69.6 cm³/mol. The van der Waals surface area contributed by atoms with Gasteiger partial charge < -0.3 is 9.47 Å². The molecule has 1 heterocycles. The summed E-state index contributed by atoms with van der Waals surface area (Å²) in [5, 5.41) is 0. The van der Waals surface area contributed by atoms with Crippen LogP contribution in [0.25, 0.3) is 0 Å². The molecule has 0 unspecified atom stereocenters. The van der Waals surface area contributed by atoms with E-state index in [0.29, 0.717) is 12.2 Å². The van der Waals surface area contributed by atoms with Crippen molar-refractivity contribution in [2.24, 2.45) is 5.41 Å². The minimum absolute atomic E-state index is 0.218. The molecule has 2 rings (SSSR count). The summed E-state index contributed by atoms with van der Waals surface area (Å²) in [6, 6.07) is 5.31. The van der Waals surface area contributed by atoms with Crippen molar-refractivity contribution >= 4 is 11.9 Å². The van der Waals surface area contributed by atoms with Crippen molar-refractivity contribution in [3.05, 3.63) is 29.3 Å². The van der Waals surface area contributed by atoms with Gasteiger partial charge in [0.1, 0.15) is 12.4 Å². The molecule has 1 aliphatic rings. The Labute approximate surface area is 112 Å². The van der Waals surface area contributed by atoms with Crippen molar-refractivity contribution in [3.63, 3.8) is 0 Å². The van der Waals surface area contributed by atoms with Crippen LogP contribution >= 0.6 is 0 Å². The average molecular weight is 262 g/mol. The maximum Gasteiger partial charge on any atom is 0.316 e. The summed E-state index contributed by atoms with van der Waals surface area (Å²) < 4.78 is 10.4. The maximum atomic E-state index is 12.0. The number of hydrogen-bond donors (Lipinski definition) is 0. The van der Waals surface area contributed by atoms with Gasteiger partial charge in [-0.1, -0.05) is 13.0 Å². The summed E-state index contributed by atoms with van der Waals surface area (Å²) in [6.45, 7) is 5.91. The quantitative estimate of drug-likeness (QED) is 0.620. The smallest absolute Gasteiger partial charge is 0.316 e. The third-order valence-corrected chi connectivity index (χ3v) is 3.55. The van der Waals surface area contributed by atoms with Gasteiger partial charge >= 0.3 is 11.9 Å². The fourth-order valence-corrected chi connectivity index (χ4v) is 1.73. The average Bonchev–Trinajstić information content (AvgIpc) is 2.38. The summed E-state index contributed by atoms with van der Waals surface area (Å²) in [6.07, 6.45) is 0.998. The van der Waals surface area contributed by atoms with Crippen molar-refractivity contribution in [1.29, 1.82) is 0 Å². The van der Waals surface area contributed by atoms with Gasteiger partial charge in [-0.2, -0.15) is 0 Å². The highest BCUT2D eigenvalue weighted by Crippen LogP contribution is 2.26. The Morgan fingerprint density at radius 3 is 2.79 bits per heavy atom.